The number of carbonyl (C=O) groups is 9. The molecule has 0 saturated carbocycles. The number of alkyl carbamates (subject to hydrolysis) is 1. The predicted molar refractivity (Wildman–Crippen MR) is 294 cm³/mol. The molecule has 10 atom stereocenters. The molecule has 430 valence electrons. The minimum absolute atomic E-state index is 0.0564. The van der Waals surface area contributed by atoms with Crippen LogP contribution in [0.2, 0.25) is 0 Å². The lowest BCUT2D eigenvalue weighted by molar-refractivity contribution is -0.145. The highest BCUT2D eigenvalue weighted by Crippen LogP contribution is 2.31. The topological polar surface area (TPSA) is 380 Å². The van der Waals surface area contributed by atoms with Crippen molar-refractivity contribution in [3.63, 3.8) is 0 Å². The van der Waals surface area contributed by atoms with Crippen LogP contribution in [0.15, 0.2) is 54.6 Å². The fraction of sp³-hybridized carbons (Fsp3) is 0.566. The first-order valence-electron chi connectivity index (χ1n) is 26.0. The fourth-order valence-corrected chi connectivity index (χ4v) is 10.8. The Labute approximate surface area is 462 Å². The summed E-state index contributed by atoms with van der Waals surface area (Å²) in [6.07, 6.45) is -0.442. The van der Waals surface area contributed by atoms with Crippen molar-refractivity contribution in [1.82, 2.24) is 37.2 Å². The Kier molecular flexibility index (Phi) is 25.9. The molecule has 4 rings (SSSR count). The number of ketones is 1. The Hall–Kier alpha value is -6.25. The number of aliphatic hydroxyl groups excluding tert-OH is 2. The van der Waals surface area contributed by atoms with Crippen molar-refractivity contribution in [1.29, 1.82) is 0 Å². The van der Waals surface area contributed by atoms with Crippen molar-refractivity contribution in [2.24, 2.45) is 17.4 Å². The maximum atomic E-state index is 14.9. The number of fused-ring (bicyclic) bond motifs is 1. The number of aliphatic hydroxyl groups is 2. The van der Waals surface area contributed by atoms with E-state index in [4.69, 9.17) is 16.2 Å². The molecule has 1 aliphatic heterocycles. The van der Waals surface area contributed by atoms with E-state index in [2.05, 4.69) is 37.2 Å². The Bertz CT molecular complexity index is 2440. The van der Waals surface area contributed by atoms with Crippen molar-refractivity contribution < 1.29 is 68.3 Å². The van der Waals surface area contributed by atoms with Gasteiger partial charge in [-0.05, 0) is 121 Å². The third kappa shape index (κ3) is 21.2. The van der Waals surface area contributed by atoms with Crippen LogP contribution in [-0.2, 0) is 55.9 Å². The number of nitrogens with one attached hydrogen (secondary N) is 7. The molecule has 1 aliphatic carbocycles. The molecular weight excluding hydrogens is 1050 g/mol. The molecule has 25 heteroatoms. The lowest BCUT2D eigenvalue weighted by atomic mass is 9.90. The Morgan fingerprint density at radius 1 is 0.821 bits per heavy atom. The number of benzene rings is 2. The van der Waals surface area contributed by atoms with Crippen LogP contribution in [-0.4, -0.2) is 158 Å². The molecule has 78 heavy (non-hydrogen) atoms. The second-order valence-electron chi connectivity index (χ2n) is 20.5. The first-order chi connectivity index (χ1) is 36.9. The van der Waals surface area contributed by atoms with Crippen LogP contribution in [0.1, 0.15) is 103 Å². The van der Waals surface area contributed by atoms with Gasteiger partial charge in [-0.3, -0.25) is 33.6 Å². The maximum absolute atomic E-state index is 14.9. The average molecular weight is 1130 g/mol. The number of amides is 7. The summed E-state index contributed by atoms with van der Waals surface area (Å²) in [5, 5.41) is 59.2. The number of aromatic hydroxyl groups is 1. The zero-order chi connectivity index (χ0) is 57.7. The van der Waals surface area contributed by atoms with Crippen molar-refractivity contribution in [2.75, 3.05) is 24.6 Å². The minimum Gasteiger partial charge on any atom is -0.508 e. The summed E-state index contributed by atoms with van der Waals surface area (Å²) in [5.41, 5.74) is 14.2. The monoisotopic (exact) mass is 1130 g/mol. The van der Waals surface area contributed by atoms with E-state index in [1.54, 1.807) is 32.9 Å². The van der Waals surface area contributed by atoms with Gasteiger partial charge in [0.05, 0.1) is 24.3 Å². The first kappa shape index (κ1) is 64.3. The van der Waals surface area contributed by atoms with Crippen LogP contribution in [0, 0.1) is 5.92 Å². The van der Waals surface area contributed by atoms with E-state index in [0.29, 0.717) is 36.9 Å². The quantitative estimate of drug-likeness (QED) is 0.0645. The third-order valence-electron chi connectivity index (χ3n) is 12.8. The summed E-state index contributed by atoms with van der Waals surface area (Å²) in [7, 11) is 1.91. The number of carbonyl (C=O) groups excluding carboxylic acids is 8. The molecule has 2 aromatic rings. The molecule has 0 radical (unpaired) electrons. The van der Waals surface area contributed by atoms with E-state index in [1.165, 1.54) is 19.1 Å². The number of aliphatic carboxylic acids is 1. The second-order valence-corrected chi connectivity index (χ2v) is 23.0. The molecule has 23 nitrogen and oxygen atoms in total. The number of Topliss-reactive ketones (excluding diaryl/α,β-unsaturated/α-hetero) is 1. The number of nitrogens with two attached hydrogens (primary N) is 2. The summed E-state index contributed by atoms with van der Waals surface area (Å²) in [6, 6.07) is 3.00. The van der Waals surface area contributed by atoms with Gasteiger partial charge < -0.3 is 73.8 Å². The van der Waals surface area contributed by atoms with E-state index < -0.39 is 126 Å². The molecule has 7 amide bonds. The highest BCUT2D eigenvalue weighted by atomic mass is 33.1. The van der Waals surface area contributed by atoms with E-state index in [0.717, 1.165) is 39.6 Å². The molecule has 2 aliphatic rings. The first-order valence-corrected chi connectivity index (χ1v) is 28.5. The van der Waals surface area contributed by atoms with Gasteiger partial charge in [-0.1, -0.05) is 70.5 Å². The summed E-state index contributed by atoms with van der Waals surface area (Å²) >= 11 is 0. The number of allylic oxidation sites excluding steroid dienone is 1. The lowest BCUT2D eigenvalue weighted by Crippen LogP contribution is -2.62. The maximum Gasteiger partial charge on any atom is 0.407 e. The van der Waals surface area contributed by atoms with Gasteiger partial charge in [0.2, 0.25) is 35.4 Å². The molecule has 1 heterocycles. The van der Waals surface area contributed by atoms with Crippen LogP contribution in [0.25, 0.3) is 5.57 Å². The molecule has 15 N–H and O–H groups in total. The Morgan fingerprint density at radius 2 is 1.49 bits per heavy atom. The normalized spacial score (nSPS) is 22.6. The molecule has 2 aromatic carbocycles. The van der Waals surface area contributed by atoms with Crippen LogP contribution in [0.4, 0.5) is 4.79 Å². The number of carboxylic acid groups (broad SMARTS) is 1. The van der Waals surface area contributed by atoms with Gasteiger partial charge >= 0.3 is 12.1 Å². The van der Waals surface area contributed by atoms with E-state index >= 15 is 0 Å². The predicted octanol–water partition coefficient (Wildman–Crippen LogP) is 0.841. The van der Waals surface area contributed by atoms with Crippen LogP contribution < -0.4 is 48.7 Å². The SMILES string of the molecule is C[C@@H](O)[C@H](NC(=O)[C@@H]1CSSC[C@H](NC(=O)[C@H](N)CCCCN)C(=O)C[C@@H](Cc2ccc(O)cc2)C(=O)N[C@H](CC2=CCc3ccccc32)C(=O)N[C@@H](CCCCNC(=O)OC(C)(C)C)C(=O)N[C@@H]([C@@H](C)O)C(=O)N1)C(=O)O. The highest BCUT2D eigenvalue weighted by molar-refractivity contribution is 8.76. The van der Waals surface area contributed by atoms with Crippen LogP contribution in [0.3, 0.4) is 0 Å². The molecular formula is C53H77N9O14S2. The highest BCUT2D eigenvalue weighted by Gasteiger charge is 2.37. The van der Waals surface area contributed by atoms with E-state index in [-0.39, 0.29) is 62.3 Å². The molecule has 1 saturated heterocycles. The molecule has 0 bridgehead atoms. The minimum atomic E-state index is -1.83. The molecule has 1 fully saturated rings. The smallest absolute Gasteiger partial charge is 0.407 e. The number of hydrogen-bond acceptors (Lipinski definition) is 17. The van der Waals surface area contributed by atoms with Gasteiger partial charge in [-0.2, -0.15) is 0 Å². The van der Waals surface area contributed by atoms with Gasteiger partial charge in [-0.25, -0.2) is 9.59 Å². The number of phenolic OH excluding ortho intramolecular Hbond substituents is 1. The Balaban J connectivity index is 1.83. The summed E-state index contributed by atoms with van der Waals surface area (Å²) in [4.78, 5) is 125. The van der Waals surface area contributed by atoms with E-state index in [1.807, 2.05) is 30.3 Å². The summed E-state index contributed by atoms with van der Waals surface area (Å²) in [5.74, 6) is -9.38. The van der Waals surface area contributed by atoms with Crippen LogP contribution >= 0.6 is 21.6 Å². The van der Waals surface area contributed by atoms with Gasteiger partial charge in [0, 0.05) is 36.8 Å². The van der Waals surface area contributed by atoms with Gasteiger partial charge in [0.15, 0.2) is 11.8 Å². The van der Waals surface area contributed by atoms with E-state index in [9.17, 15) is 63.6 Å². The number of ether oxygens (including phenoxy) is 1. The third-order valence-corrected chi connectivity index (χ3v) is 15.2. The lowest BCUT2D eigenvalue weighted by Gasteiger charge is -2.29. The Morgan fingerprint density at radius 3 is 2.14 bits per heavy atom. The number of phenols is 1. The fourth-order valence-electron chi connectivity index (χ4n) is 8.46. The second kappa shape index (κ2) is 31.4. The largest absolute Gasteiger partial charge is 0.508 e. The number of hydrogen-bond donors (Lipinski definition) is 13. The van der Waals surface area contributed by atoms with Crippen LogP contribution in [0.5, 0.6) is 5.75 Å². The van der Waals surface area contributed by atoms with Gasteiger partial charge in [0.25, 0.3) is 0 Å². The molecule has 0 aromatic heterocycles. The zero-order valence-corrected chi connectivity index (χ0v) is 46.3. The average Bonchev–Trinajstić information content (AvgIpc) is 3.79. The van der Waals surface area contributed by atoms with Crippen molar-refractivity contribution >= 4 is 80.4 Å². The van der Waals surface area contributed by atoms with Crippen molar-refractivity contribution in [3.8, 4) is 5.75 Å². The van der Waals surface area contributed by atoms with Crippen molar-refractivity contribution in [2.45, 2.75) is 159 Å². The summed E-state index contributed by atoms with van der Waals surface area (Å²) < 4.78 is 5.32. The number of carboxylic acids is 1. The standard InChI is InChI=1S/C53H77N9O14S2/c1-29(63)43-50(72)60-41(49(71)62-44(30(2)64)51(73)74)28-78-77-27-40(59-46(68)37(55)14-8-10-22-54)42(66)26-34(24-31-16-20-35(65)21-17-31)45(67)58-39(25-33-19-18-32-12-6-7-13-36(32)33)48(70)57-38(47(69)61-43)15-9-11-23-56-52(75)76-53(3,4)5/h6-7,12-13,16-17,19-21,29-30,34,37-41,43-44,63-65H,8-11,14-15,18,22-28,54-55H2,1-5H3,(H,56,75)(H,57,70)(H,58,67)(H,59,68)(H,60,72)(H,61,69)(H,62,71)(H,73,74)/t29-,30-,34-,37-,38+,39-,40+,41+,43+,44+/m1/s1. The zero-order valence-electron chi connectivity index (χ0n) is 44.7. The van der Waals surface area contributed by atoms with Gasteiger partial charge in [0.1, 0.15) is 35.5 Å². The number of rotatable bonds is 20. The van der Waals surface area contributed by atoms with Crippen molar-refractivity contribution in [3.05, 3.63) is 71.3 Å². The molecule has 0 unspecified atom stereocenters. The summed E-state index contributed by atoms with van der Waals surface area (Å²) in [6.45, 7) is 7.88. The van der Waals surface area contributed by atoms with Gasteiger partial charge in [-0.15, -0.1) is 0 Å². The molecule has 0 spiro atoms. The number of unbranched alkanes of at least 4 members (excludes halogenated alkanes) is 2.